The molecule has 0 saturated heterocycles. The van der Waals surface area contributed by atoms with Crippen LogP contribution in [0.25, 0.3) is 28.0 Å². The number of nitrogens with zero attached hydrogens (tertiary/aromatic N) is 2. The predicted octanol–water partition coefficient (Wildman–Crippen LogP) is 4.06. The molecule has 130 valence electrons. The van der Waals surface area contributed by atoms with Gasteiger partial charge in [-0.05, 0) is 48.9 Å². The van der Waals surface area contributed by atoms with Gasteiger partial charge in [0.05, 0.1) is 6.26 Å². The summed E-state index contributed by atoms with van der Waals surface area (Å²) in [6.45, 7) is 5.68. The number of halogens is 1. The van der Waals surface area contributed by atoms with Gasteiger partial charge in [-0.3, -0.25) is 4.31 Å². The van der Waals surface area contributed by atoms with Gasteiger partial charge in [-0.2, -0.15) is 4.98 Å². The second-order valence-electron chi connectivity index (χ2n) is 5.88. The lowest BCUT2D eigenvalue weighted by atomic mass is 10.1. The second-order valence-corrected chi connectivity index (χ2v) is 7.90. The second kappa shape index (κ2) is 6.00. The van der Waals surface area contributed by atoms with Crippen molar-refractivity contribution in [2.24, 2.45) is 0 Å². The van der Waals surface area contributed by atoms with Gasteiger partial charge in [0.1, 0.15) is 11.6 Å². The minimum atomic E-state index is -3.48. The fraction of sp³-hybridized carbons (Fsp3) is 0.167. The summed E-state index contributed by atoms with van der Waals surface area (Å²) in [5.74, 6) is 0.441. The van der Waals surface area contributed by atoms with Crippen LogP contribution in [-0.2, 0) is 10.0 Å². The number of anilines is 1. The molecule has 0 radical (unpaired) electrons. The smallest absolute Gasteiger partial charge is 0.233 e. The monoisotopic (exact) mass is 360 g/mol. The van der Waals surface area contributed by atoms with Crippen LogP contribution < -0.4 is 4.31 Å². The molecule has 0 aliphatic heterocycles. The normalized spacial score (nSPS) is 11.7. The van der Waals surface area contributed by atoms with Gasteiger partial charge < -0.3 is 4.42 Å². The molecule has 25 heavy (non-hydrogen) atoms. The Balaban J connectivity index is 2.20. The first-order valence-corrected chi connectivity index (χ1v) is 9.32. The molecule has 0 aliphatic rings. The molecule has 5 nitrogen and oxygen atoms in total. The molecule has 0 saturated carbocycles. The predicted molar refractivity (Wildman–Crippen MR) is 97.4 cm³/mol. The first-order chi connectivity index (χ1) is 11.7. The summed E-state index contributed by atoms with van der Waals surface area (Å²) in [5.41, 5.74) is 2.31. The van der Waals surface area contributed by atoms with Crippen molar-refractivity contribution in [1.82, 2.24) is 4.98 Å². The third kappa shape index (κ3) is 3.28. The molecule has 0 fully saturated rings. The van der Waals surface area contributed by atoms with Crippen molar-refractivity contribution in [3.63, 3.8) is 0 Å². The topological polar surface area (TPSA) is 63.4 Å². The number of pyridine rings is 1. The van der Waals surface area contributed by atoms with E-state index in [9.17, 15) is 12.8 Å². The van der Waals surface area contributed by atoms with Gasteiger partial charge in [-0.1, -0.05) is 6.58 Å². The number of fused-ring (bicyclic) bond motifs is 1. The molecule has 0 atom stereocenters. The van der Waals surface area contributed by atoms with Crippen molar-refractivity contribution in [2.75, 3.05) is 17.6 Å². The van der Waals surface area contributed by atoms with E-state index in [1.807, 2.05) is 0 Å². The maximum absolute atomic E-state index is 13.1. The average molecular weight is 360 g/mol. The van der Waals surface area contributed by atoms with Gasteiger partial charge >= 0.3 is 0 Å². The minimum absolute atomic E-state index is 0.252. The van der Waals surface area contributed by atoms with Gasteiger partial charge in [-0.15, -0.1) is 0 Å². The molecule has 2 heterocycles. The zero-order chi connectivity index (χ0) is 18.4. The molecule has 0 N–H and O–H groups in total. The molecular formula is C18H17FN2O3S. The van der Waals surface area contributed by atoms with Crippen LogP contribution in [0.3, 0.4) is 0 Å². The Morgan fingerprint density at radius 1 is 1.24 bits per heavy atom. The molecule has 1 aromatic carbocycles. The average Bonchev–Trinajstić information content (AvgIpc) is 2.95. The Bertz CT molecular complexity index is 1070. The number of aromatic nitrogens is 1. The number of hydrogen-bond donors (Lipinski definition) is 0. The van der Waals surface area contributed by atoms with Crippen molar-refractivity contribution in [3.05, 3.63) is 54.4 Å². The highest BCUT2D eigenvalue weighted by molar-refractivity contribution is 7.92. The molecule has 7 heteroatoms. The highest BCUT2D eigenvalue weighted by atomic mass is 32.2. The van der Waals surface area contributed by atoms with Gasteiger partial charge in [0.15, 0.2) is 5.82 Å². The van der Waals surface area contributed by atoms with E-state index in [4.69, 9.17) is 4.42 Å². The number of allylic oxidation sites excluding steroid dienone is 1. The van der Waals surface area contributed by atoms with Gasteiger partial charge in [0.2, 0.25) is 15.7 Å². The molecule has 0 spiro atoms. The summed E-state index contributed by atoms with van der Waals surface area (Å²) in [6.07, 6.45) is 1.10. The lowest BCUT2D eigenvalue weighted by Crippen LogP contribution is -2.26. The van der Waals surface area contributed by atoms with Gasteiger partial charge in [0.25, 0.3) is 0 Å². The molecule has 0 amide bonds. The van der Waals surface area contributed by atoms with Crippen LogP contribution in [0.2, 0.25) is 0 Å². The molecule has 2 aromatic heterocycles. The van der Waals surface area contributed by atoms with E-state index in [0.717, 1.165) is 10.6 Å². The van der Waals surface area contributed by atoms with Crippen molar-refractivity contribution < 1.29 is 17.2 Å². The van der Waals surface area contributed by atoms with Crippen LogP contribution >= 0.6 is 0 Å². The van der Waals surface area contributed by atoms with E-state index in [-0.39, 0.29) is 11.6 Å². The molecule has 0 bridgehead atoms. The number of rotatable bonds is 4. The van der Waals surface area contributed by atoms with Crippen molar-refractivity contribution in [1.29, 1.82) is 0 Å². The third-order valence-corrected chi connectivity index (χ3v) is 5.04. The van der Waals surface area contributed by atoms with Crippen LogP contribution in [0.4, 0.5) is 10.2 Å². The van der Waals surface area contributed by atoms with Crippen molar-refractivity contribution in [3.8, 4) is 11.3 Å². The minimum Gasteiger partial charge on any atom is -0.438 e. The summed E-state index contributed by atoms with van der Waals surface area (Å²) in [6, 6.07) is 9.48. The van der Waals surface area contributed by atoms with Crippen LogP contribution in [-0.4, -0.2) is 26.7 Å². The molecule has 0 unspecified atom stereocenters. The zero-order valence-electron chi connectivity index (χ0n) is 14.1. The van der Waals surface area contributed by atoms with E-state index in [0.29, 0.717) is 33.6 Å². The highest BCUT2D eigenvalue weighted by Gasteiger charge is 2.20. The van der Waals surface area contributed by atoms with Crippen LogP contribution in [0, 0.1) is 5.82 Å². The van der Waals surface area contributed by atoms with E-state index in [1.54, 1.807) is 31.2 Å². The number of sulfonamides is 1. The Hall–Kier alpha value is -2.67. The Labute approximate surface area is 145 Å². The number of hydrogen-bond acceptors (Lipinski definition) is 4. The van der Waals surface area contributed by atoms with E-state index in [1.165, 1.54) is 19.2 Å². The summed E-state index contributed by atoms with van der Waals surface area (Å²) in [7, 11) is -2.05. The fourth-order valence-corrected chi connectivity index (χ4v) is 2.88. The molecule has 3 aromatic rings. The molecular weight excluding hydrogens is 343 g/mol. The molecule has 0 aliphatic carbocycles. The van der Waals surface area contributed by atoms with Crippen LogP contribution in [0.15, 0.2) is 47.4 Å². The summed E-state index contributed by atoms with van der Waals surface area (Å²) in [5, 5.41) is 0.711. The van der Waals surface area contributed by atoms with Crippen molar-refractivity contribution in [2.45, 2.75) is 6.92 Å². The lowest BCUT2D eigenvalue weighted by Gasteiger charge is -2.18. The van der Waals surface area contributed by atoms with Gasteiger partial charge in [-0.25, -0.2) is 12.8 Å². The highest BCUT2D eigenvalue weighted by Crippen LogP contribution is 2.33. The van der Waals surface area contributed by atoms with Gasteiger partial charge in [0, 0.05) is 23.6 Å². The van der Waals surface area contributed by atoms with E-state index >= 15 is 0 Å². The standard InChI is InChI=1S/C18H17FN2O3S/c1-11(2)15-9-13-10-16(12-5-7-14(19)8-6-12)24-18(13)20-17(15)21(3)25(4,22)23/h5-10H,1H2,2-4H3. The number of furan rings is 1. The fourth-order valence-electron chi connectivity index (χ4n) is 2.43. The summed E-state index contributed by atoms with van der Waals surface area (Å²) in [4.78, 5) is 4.37. The maximum atomic E-state index is 13.1. The Morgan fingerprint density at radius 2 is 1.88 bits per heavy atom. The Kier molecular flexibility index (Phi) is 4.12. The van der Waals surface area contributed by atoms with E-state index < -0.39 is 10.0 Å². The van der Waals surface area contributed by atoms with Crippen LogP contribution in [0.1, 0.15) is 12.5 Å². The summed E-state index contributed by atoms with van der Waals surface area (Å²) >= 11 is 0. The van der Waals surface area contributed by atoms with Crippen LogP contribution in [0.5, 0.6) is 0 Å². The number of benzene rings is 1. The Morgan fingerprint density at radius 3 is 2.44 bits per heavy atom. The SMILES string of the molecule is C=C(C)c1cc2cc(-c3ccc(F)cc3)oc2nc1N(C)S(C)(=O)=O. The zero-order valence-corrected chi connectivity index (χ0v) is 14.9. The maximum Gasteiger partial charge on any atom is 0.233 e. The van der Waals surface area contributed by atoms with Crippen molar-refractivity contribution >= 4 is 32.5 Å². The van der Waals surface area contributed by atoms with E-state index in [2.05, 4.69) is 11.6 Å². The third-order valence-electron chi connectivity index (χ3n) is 3.87. The molecule has 3 rings (SSSR count). The summed E-state index contributed by atoms with van der Waals surface area (Å²) < 4.78 is 43.7. The lowest BCUT2D eigenvalue weighted by molar-refractivity contribution is 0.599. The quantitative estimate of drug-likeness (QED) is 0.704. The first kappa shape index (κ1) is 17.2. The largest absolute Gasteiger partial charge is 0.438 e. The first-order valence-electron chi connectivity index (χ1n) is 7.47.